The summed E-state index contributed by atoms with van der Waals surface area (Å²) >= 11 is 4.92. The number of ether oxygens (including phenoxy) is 2. The summed E-state index contributed by atoms with van der Waals surface area (Å²) < 4.78 is 10.6. The molecular formula is C11H22N2O2S. The first-order valence-corrected chi connectivity index (χ1v) is 6.24. The minimum Gasteiger partial charge on any atom is -0.393 e. The van der Waals surface area contributed by atoms with Crippen LogP contribution in [0.15, 0.2) is 0 Å². The summed E-state index contributed by atoms with van der Waals surface area (Å²) in [5.74, 6) is 0. The van der Waals surface area contributed by atoms with Crippen LogP contribution in [-0.4, -0.2) is 56.0 Å². The molecule has 2 N–H and O–H groups in total. The molecule has 16 heavy (non-hydrogen) atoms. The zero-order valence-corrected chi connectivity index (χ0v) is 10.8. The van der Waals surface area contributed by atoms with Crippen LogP contribution in [0.25, 0.3) is 0 Å². The quantitative estimate of drug-likeness (QED) is 0.673. The van der Waals surface area contributed by atoms with E-state index in [9.17, 15) is 0 Å². The lowest BCUT2D eigenvalue weighted by atomic mass is 10.1. The van der Waals surface area contributed by atoms with Crippen molar-refractivity contribution in [1.82, 2.24) is 4.90 Å². The number of hydrogen-bond donors (Lipinski definition) is 1. The van der Waals surface area contributed by atoms with Crippen LogP contribution >= 0.6 is 12.2 Å². The summed E-state index contributed by atoms with van der Waals surface area (Å²) in [5, 5.41) is 0. The third kappa shape index (κ3) is 5.21. The van der Waals surface area contributed by atoms with Crippen LogP contribution in [0.2, 0.25) is 0 Å². The molecule has 4 nitrogen and oxygen atoms in total. The fourth-order valence-electron chi connectivity index (χ4n) is 1.95. The number of rotatable bonds is 7. The average molecular weight is 246 g/mol. The largest absolute Gasteiger partial charge is 0.393 e. The number of methoxy groups -OCH3 is 1. The van der Waals surface area contributed by atoms with Gasteiger partial charge in [-0.3, -0.25) is 4.90 Å². The fraction of sp³-hybridized carbons (Fsp3) is 0.909. The molecule has 1 atom stereocenters. The Morgan fingerprint density at radius 2 is 2.38 bits per heavy atom. The molecule has 0 aliphatic carbocycles. The summed E-state index contributed by atoms with van der Waals surface area (Å²) in [4.78, 5) is 2.96. The molecule has 1 unspecified atom stereocenters. The topological polar surface area (TPSA) is 47.7 Å². The van der Waals surface area contributed by atoms with Gasteiger partial charge in [0, 0.05) is 39.3 Å². The molecule has 1 rings (SSSR count). The van der Waals surface area contributed by atoms with Crippen molar-refractivity contribution in [2.24, 2.45) is 5.73 Å². The highest BCUT2D eigenvalue weighted by molar-refractivity contribution is 7.80. The molecule has 0 aromatic heterocycles. The molecule has 94 valence electrons. The van der Waals surface area contributed by atoms with Crippen molar-refractivity contribution < 1.29 is 9.47 Å². The van der Waals surface area contributed by atoms with Crippen LogP contribution in [0.3, 0.4) is 0 Å². The third-order valence-corrected chi connectivity index (χ3v) is 3.08. The molecule has 0 radical (unpaired) electrons. The van der Waals surface area contributed by atoms with E-state index in [1.54, 1.807) is 7.11 Å². The second-order valence-electron chi connectivity index (χ2n) is 4.12. The van der Waals surface area contributed by atoms with Crippen molar-refractivity contribution >= 4 is 17.2 Å². The van der Waals surface area contributed by atoms with Gasteiger partial charge in [-0.1, -0.05) is 12.2 Å². The van der Waals surface area contributed by atoms with E-state index in [2.05, 4.69) is 4.90 Å². The van der Waals surface area contributed by atoms with Gasteiger partial charge in [-0.05, 0) is 12.8 Å². The fourth-order valence-corrected chi connectivity index (χ4v) is 2.04. The molecule has 1 aliphatic rings. The Morgan fingerprint density at radius 3 is 2.94 bits per heavy atom. The predicted molar refractivity (Wildman–Crippen MR) is 68.7 cm³/mol. The van der Waals surface area contributed by atoms with E-state index < -0.39 is 0 Å². The van der Waals surface area contributed by atoms with Gasteiger partial charge in [0.05, 0.1) is 18.2 Å². The third-order valence-electron chi connectivity index (χ3n) is 2.88. The van der Waals surface area contributed by atoms with Gasteiger partial charge in [0.2, 0.25) is 0 Å². The van der Waals surface area contributed by atoms with E-state index in [0.717, 1.165) is 45.8 Å². The zero-order chi connectivity index (χ0) is 11.8. The van der Waals surface area contributed by atoms with Gasteiger partial charge in [-0.2, -0.15) is 0 Å². The number of nitrogens with zero attached hydrogens (tertiary/aromatic N) is 1. The van der Waals surface area contributed by atoms with E-state index in [1.165, 1.54) is 6.42 Å². The van der Waals surface area contributed by atoms with Crippen molar-refractivity contribution in [1.29, 1.82) is 0 Å². The van der Waals surface area contributed by atoms with Crippen LogP contribution in [0.5, 0.6) is 0 Å². The lowest BCUT2D eigenvalue weighted by molar-refractivity contribution is 0.0101. The first kappa shape index (κ1) is 13.8. The first-order chi connectivity index (χ1) is 7.74. The Balaban J connectivity index is 2.37. The molecule has 0 aromatic carbocycles. The van der Waals surface area contributed by atoms with Crippen LogP contribution < -0.4 is 5.73 Å². The highest BCUT2D eigenvalue weighted by Crippen LogP contribution is 2.13. The van der Waals surface area contributed by atoms with Gasteiger partial charge in [0.25, 0.3) is 0 Å². The molecule has 1 fully saturated rings. The summed E-state index contributed by atoms with van der Waals surface area (Å²) in [6, 6.07) is 0.498. The molecule has 0 spiro atoms. The van der Waals surface area contributed by atoms with Gasteiger partial charge in [0.15, 0.2) is 0 Å². The minimum atomic E-state index is 0.498. The second kappa shape index (κ2) is 7.95. The van der Waals surface area contributed by atoms with E-state index in [-0.39, 0.29) is 0 Å². The van der Waals surface area contributed by atoms with Crippen LogP contribution in [-0.2, 0) is 9.47 Å². The Bertz CT molecular complexity index is 208. The summed E-state index contributed by atoms with van der Waals surface area (Å²) in [6.07, 6.45) is 3.11. The Labute approximate surface area is 103 Å². The molecule has 5 heteroatoms. The maximum Gasteiger partial charge on any atom is 0.0740 e. The van der Waals surface area contributed by atoms with Crippen molar-refractivity contribution in [3.05, 3.63) is 0 Å². The molecule has 0 bridgehead atoms. The summed E-state index contributed by atoms with van der Waals surface area (Å²) in [5.41, 5.74) is 5.54. The van der Waals surface area contributed by atoms with Crippen LogP contribution in [0.4, 0.5) is 0 Å². The number of thiocarbonyl (C=S) groups is 1. The van der Waals surface area contributed by atoms with Gasteiger partial charge >= 0.3 is 0 Å². The summed E-state index contributed by atoms with van der Waals surface area (Å²) in [6.45, 7) is 4.29. The second-order valence-corrected chi connectivity index (χ2v) is 4.64. The van der Waals surface area contributed by atoms with E-state index >= 15 is 0 Å². The lowest BCUT2D eigenvalue weighted by Crippen LogP contribution is -2.44. The highest BCUT2D eigenvalue weighted by atomic mass is 32.1. The van der Waals surface area contributed by atoms with Crippen LogP contribution in [0, 0.1) is 0 Å². The number of nitrogens with two attached hydrogens (primary N) is 1. The van der Waals surface area contributed by atoms with Gasteiger partial charge in [-0.25, -0.2) is 0 Å². The van der Waals surface area contributed by atoms with Crippen LogP contribution in [0.1, 0.15) is 19.3 Å². The Kier molecular flexibility index (Phi) is 6.87. The van der Waals surface area contributed by atoms with E-state index in [4.69, 9.17) is 27.4 Å². The zero-order valence-electron chi connectivity index (χ0n) is 9.98. The van der Waals surface area contributed by atoms with E-state index in [1.807, 2.05) is 0 Å². The molecule has 0 amide bonds. The van der Waals surface area contributed by atoms with Crippen molar-refractivity contribution in [2.45, 2.75) is 25.3 Å². The molecule has 1 aliphatic heterocycles. The molecule has 1 heterocycles. The van der Waals surface area contributed by atoms with Gasteiger partial charge < -0.3 is 15.2 Å². The predicted octanol–water partition coefficient (Wildman–Crippen LogP) is 0.790. The normalized spacial score (nSPS) is 21.2. The highest BCUT2D eigenvalue weighted by Gasteiger charge is 2.21. The Morgan fingerprint density at radius 1 is 1.56 bits per heavy atom. The monoisotopic (exact) mass is 246 g/mol. The average Bonchev–Trinajstić information content (AvgIpc) is 2.30. The van der Waals surface area contributed by atoms with Gasteiger partial charge in [0.1, 0.15) is 0 Å². The maximum absolute atomic E-state index is 5.54. The minimum absolute atomic E-state index is 0.498. The lowest BCUT2D eigenvalue weighted by Gasteiger charge is -2.33. The molecule has 1 saturated heterocycles. The molecule has 0 aromatic rings. The van der Waals surface area contributed by atoms with Crippen molar-refractivity contribution in [3.8, 4) is 0 Å². The standard InChI is InChI=1S/C11H22N2O2S/c1-14-8-6-13(5-4-11(12)16)10-3-2-7-15-9-10/h10H,2-9H2,1H3,(H2,12,16). The number of hydrogen-bond acceptors (Lipinski definition) is 4. The first-order valence-electron chi connectivity index (χ1n) is 5.83. The van der Waals surface area contributed by atoms with E-state index in [0.29, 0.717) is 11.0 Å². The van der Waals surface area contributed by atoms with Crippen molar-refractivity contribution in [3.63, 3.8) is 0 Å². The maximum atomic E-state index is 5.54. The van der Waals surface area contributed by atoms with Crippen molar-refractivity contribution in [2.75, 3.05) is 40.0 Å². The molecule has 0 saturated carbocycles. The smallest absolute Gasteiger partial charge is 0.0740 e. The van der Waals surface area contributed by atoms with Gasteiger partial charge in [-0.15, -0.1) is 0 Å². The Hall–Kier alpha value is -0.230. The summed E-state index contributed by atoms with van der Waals surface area (Å²) in [7, 11) is 1.73. The molecular weight excluding hydrogens is 224 g/mol. The SMILES string of the molecule is COCCN(CCC(N)=S)C1CCCOC1.